The maximum absolute atomic E-state index is 5.70. The molecule has 1 aliphatic carbocycles. The number of benzene rings is 1. The summed E-state index contributed by atoms with van der Waals surface area (Å²) in [4.78, 5) is 0. The van der Waals surface area contributed by atoms with Crippen molar-refractivity contribution in [2.75, 3.05) is 6.54 Å². The topological polar surface area (TPSA) is 26.0 Å². The molecule has 2 rings (SSSR count). The average Bonchev–Trinajstić information content (AvgIpc) is 2.86. The first-order valence-electron chi connectivity index (χ1n) is 4.13. The van der Waals surface area contributed by atoms with Gasteiger partial charge in [-0.1, -0.05) is 30.3 Å². The minimum absolute atomic E-state index is 0. The molecule has 12 heavy (non-hydrogen) atoms. The second-order valence-corrected chi connectivity index (χ2v) is 3.35. The van der Waals surface area contributed by atoms with Crippen molar-refractivity contribution < 1.29 is 0 Å². The molecule has 0 saturated heterocycles. The fourth-order valence-corrected chi connectivity index (χ4v) is 1.55. The molecule has 1 nitrogen and oxygen atoms in total. The number of rotatable bonds is 2. The van der Waals surface area contributed by atoms with Crippen LogP contribution < -0.4 is 5.73 Å². The van der Waals surface area contributed by atoms with Crippen LogP contribution in [0.1, 0.15) is 18.4 Å². The van der Waals surface area contributed by atoms with Crippen LogP contribution in [0, 0.1) is 0 Å². The molecule has 1 saturated carbocycles. The third kappa shape index (κ3) is 1.54. The maximum Gasteiger partial charge on any atom is 0.00762 e. The molecule has 0 aliphatic heterocycles. The maximum atomic E-state index is 5.70. The second kappa shape index (κ2) is 3.58. The van der Waals surface area contributed by atoms with Crippen molar-refractivity contribution in [1.82, 2.24) is 0 Å². The van der Waals surface area contributed by atoms with Crippen molar-refractivity contribution in [3.05, 3.63) is 35.9 Å². The molecule has 0 bridgehead atoms. The van der Waals surface area contributed by atoms with Gasteiger partial charge in [-0.05, 0) is 18.4 Å². The summed E-state index contributed by atoms with van der Waals surface area (Å²) in [5, 5.41) is 0. The van der Waals surface area contributed by atoms with Gasteiger partial charge in [-0.3, -0.25) is 0 Å². The van der Waals surface area contributed by atoms with Gasteiger partial charge in [0.15, 0.2) is 0 Å². The van der Waals surface area contributed by atoms with Crippen LogP contribution in [0.2, 0.25) is 0 Å². The molecule has 0 heterocycles. The van der Waals surface area contributed by atoms with Crippen LogP contribution in [0.3, 0.4) is 0 Å². The summed E-state index contributed by atoms with van der Waals surface area (Å²) >= 11 is 0. The van der Waals surface area contributed by atoms with E-state index in [0.29, 0.717) is 5.41 Å². The molecule has 1 fully saturated rings. The van der Waals surface area contributed by atoms with Crippen LogP contribution in [0.15, 0.2) is 30.3 Å². The summed E-state index contributed by atoms with van der Waals surface area (Å²) in [5.41, 5.74) is 7.48. The lowest BCUT2D eigenvalue weighted by molar-refractivity contribution is 0.705. The van der Waals surface area contributed by atoms with Crippen molar-refractivity contribution in [3.8, 4) is 0 Å². The van der Waals surface area contributed by atoms with Gasteiger partial charge in [0.25, 0.3) is 0 Å². The SMILES string of the molecule is Br.NCC1(c2ccccc2)CC1. The van der Waals surface area contributed by atoms with Gasteiger partial charge in [-0.15, -0.1) is 17.0 Å². The van der Waals surface area contributed by atoms with Gasteiger partial charge in [0.2, 0.25) is 0 Å². The van der Waals surface area contributed by atoms with Gasteiger partial charge in [-0.2, -0.15) is 0 Å². The zero-order valence-electron chi connectivity index (χ0n) is 6.99. The minimum Gasteiger partial charge on any atom is -0.330 e. The van der Waals surface area contributed by atoms with E-state index in [2.05, 4.69) is 30.3 Å². The van der Waals surface area contributed by atoms with Gasteiger partial charge in [-0.25, -0.2) is 0 Å². The first kappa shape index (κ1) is 9.75. The molecule has 2 heteroatoms. The Morgan fingerprint density at radius 2 is 1.75 bits per heavy atom. The molecular formula is C10H14BrN. The summed E-state index contributed by atoms with van der Waals surface area (Å²) in [6.45, 7) is 0.803. The fraction of sp³-hybridized carbons (Fsp3) is 0.400. The number of hydrogen-bond acceptors (Lipinski definition) is 1. The minimum atomic E-state index is 0. The molecule has 1 aromatic carbocycles. The Labute approximate surface area is 83.7 Å². The third-order valence-corrected chi connectivity index (χ3v) is 2.63. The summed E-state index contributed by atoms with van der Waals surface area (Å²) in [5.74, 6) is 0. The number of hydrogen-bond donors (Lipinski definition) is 1. The van der Waals surface area contributed by atoms with Crippen molar-refractivity contribution in [2.24, 2.45) is 5.73 Å². The number of nitrogens with two attached hydrogens (primary N) is 1. The van der Waals surface area contributed by atoms with E-state index in [4.69, 9.17) is 5.73 Å². The Morgan fingerprint density at radius 3 is 2.17 bits per heavy atom. The summed E-state index contributed by atoms with van der Waals surface area (Å²) in [7, 11) is 0. The molecule has 0 amide bonds. The van der Waals surface area contributed by atoms with Crippen LogP contribution in [0.5, 0.6) is 0 Å². The van der Waals surface area contributed by atoms with Crippen LogP contribution in [-0.2, 0) is 5.41 Å². The van der Waals surface area contributed by atoms with Crippen LogP contribution in [-0.4, -0.2) is 6.54 Å². The van der Waals surface area contributed by atoms with Crippen LogP contribution in [0.4, 0.5) is 0 Å². The largest absolute Gasteiger partial charge is 0.330 e. The van der Waals surface area contributed by atoms with E-state index in [-0.39, 0.29) is 17.0 Å². The Bertz CT molecular complexity index is 241. The van der Waals surface area contributed by atoms with E-state index < -0.39 is 0 Å². The molecule has 0 radical (unpaired) electrons. The van der Waals surface area contributed by atoms with E-state index in [1.807, 2.05) is 0 Å². The highest BCUT2D eigenvalue weighted by molar-refractivity contribution is 8.93. The predicted molar refractivity (Wildman–Crippen MR) is 56.7 cm³/mol. The summed E-state index contributed by atoms with van der Waals surface area (Å²) in [6.07, 6.45) is 2.54. The van der Waals surface area contributed by atoms with Crippen LogP contribution in [0.25, 0.3) is 0 Å². The lowest BCUT2D eigenvalue weighted by Crippen LogP contribution is -2.19. The van der Waals surface area contributed by atoms with E-state index in [0.717, 1.165) is 6.54 Å². The summed E-state index contributed by atoms with van der Waals surface area (Å²) < 4.78 is 0. The summed E-state index contributed by atoms with van der Waals surface area (Å²) in [6, 6.07) is 10.6. The molecule has 66 valence electrons. The normalized spacial score (nSPS) is 18.1. The van der Waals surface area contributed by atoms with Gasteiger partial charge >= 0.3 is 0 Å². The van der Waals surface area contributed by atoms with Crippen molar-refractivity contribution in [3.63, 3.8) is 0 Å². The fourth-order valence-electron chi connectivity index (χ4n) is 1.55. The van der Waals surface area contributed by atoms with Gasteiger partial charge in [0, 0.05) is 12.0 Å². The van der Waals surface area contributed by atoms with Crippen molar-refractivity contribution in [2.45, 2.75) is 18.3 Å². The zero-order valence-corrected chi connectivity index (χ0v) is 8.71. The predicted octanol–water partition coefficient (Wildman–Crippen LogP) is 2.25. The Kier molecular flexibility index (Phi) is 2.91. The molecular weight excluding hydrogens is 214 g/mol. The van der Waals surface area contributed by atoms with Gasteiger partial charge in [0.1, 0.15) is 0 Å². The third-order valence-electron chi connectivity index (χ3n) is 2.63. The Hall–Kier alpha value is -0.340. The van der Waals surface area contributed by atoms with Crippen molar-refractivity contribution >= 4 is 17.0 Å². The lowest BCUT2D eigenvalue weighted by Gasteiger charge is -2.11. The molecule has 1 aromatic rings. The highest BCUT2D eigenvalue weighted by atomic mass is 79.9. The molecule has 0 spiro atoms. The van der Waals surface area contributed by atoms with Crippen LogP contribution >= 0.6 is 17.0 Å². The van der Waals surface area contributed by atoms with E-state index in [1.54, 1.807) is 0 Å². The van der Waals surface area contributed by atoms with Crippen molar-refractivity contribution in [1.29, 1.82) is 0 Å². The molecule has 2 N–H and O–H groups in total. The molecule has 0 atom stereocenters. The molecule has 0 unspecified atom stereocenters. The van der Waals surface area contributed by atoms with E-state index in [1.165, 1.54) is 18.4 Å². The number of halogens is 1. The smallest absolute Gasteiger partial charge is 0.00762 e. The monoisotopic (exact) mass is 227 g/mol. The molecule has 0 aromatic heterocycles. The highest BCUT2D eigenvalue weighted by Crippen LogP contribution is 2.46. The quantitative estimate of drug-likeness (QED) is 0.825. The Morgan fingerprint density at radius 1 is 1.17 bits per heavy atom. The lowest BCUT2D eigenvalue weighted by atomic mass is 9.97. The zero-order chi connectivity index (χ0) is 7.73. The van der Waals surface area contributed by atoms with Gasteiger partial charge < -0.3 is 5.73 Å². The molecule has 1 aliphatic rings. The first-order valence-corrected chi connectivity index (χ1v) is 4.13. The van der Waals surface area contributed by atoms with E-state index >= 15 is 0 Å². The van der Waals surface area contributed by atoms with Gasteiger partial charge in [0.05, 0.1) is 0 Å². The first-order chi connectivity index (χ1) is 5.37. The second-order valence-electron chi connectivity index (χ2n) is 3.35. The van der Waals surface area contributed by atoms with E-state index in [9.17, 15) is 0 Å². The Balaban J connectivity index is 0.000000720. The average molecular weight is 228 g/mol. The standard InChI is InChI=1S/C10H13N.BrH/c11-8-10(6-7-10)9-4-2-1-3-5-9;/h1-5H,6-8,11H2;1H. The highest BCUT2D eigenvalue weighted by Gasteiger charge is 2.42.